The summed E-state index contributed by atoms with van der Waals surface area (Å²) in [6, 6.07) is 3.22. The van der Waals surface area contributed by atoms with Gasteiger partial charge in [-0.2, -0.15) is 0 Å². The van der Waals surface area contributed by atoms with Crippen LogP contribution in [0.1, 0.15) is 33.1 Å². The molecule has 2 aromatic rings. The average molecular weight is 351 g/mol. The minimum atomic E-state index is -0.726. The molecule has 1 aromatic carbocycles. The Morgan fingerprint density at radius 2 is 2.12 bits per heavy atom. The Bertz CT molecular complexity index is 746. The summed E-state index contributed by atoms with van der Waals surface area (Å²) in [7, 11) is 0. The number of carbonyl (C=O) groups is 1. The van der Waals surface area contributed by atoms with Crippen LogP contribution in [0.25, 0.3) is 11.3 Å². The highest BCUT2D eigenvalue weighted by Gasteiger charge is 2.28. The van der Waals surface area contributed by atoms with Crippen molar-refractivity contribution in [3.8, 4) is 11.3 Å². The van der Waals surface area contributed by atoms with E-state index in [9.17, 15) is 13.6 Å². The molecular weight excluding hydrogens is 328 g/mol. The number of carbonyl (C=O) groups excluding carboxylic acids is 1. The standard InChI is InChI=1S/C18H23F2N3O2/c1-11(2)18(3,10-21)23-16(24)6-7-17-22-9-15(25-17)13-5-4-12(19)8-14(13)20/h4-5,8-9,11H,6-7,10,21H2,1-3H3,(H,23,24). The molecule has 0 aliphatic rings. The van der Waals surface area contributed by atoms with Crippen molar-refractivity contribution in [2.75, 3.05) is 6.54 Å². The van der Waals surface area contributed by atoms with Gasteiger partial charge in [-0.3, -0.25) is 4.79 Å². The predicted molar refractivity (Wildman–Crippen MR) is 90.6 cm³/mol. The molecule has 1 amide bonds. The lowest BCUT2D eigenvalue weighted by Crippen LogP contribution is -2.55. The Morgan fingerprint density at radius 3 is 2.72 bits per heavy atom. The van der Waals surface area contributed by atoms with Crippen LogP contribution in [0, 0.1) is 17.6 Å². The maximum atomic E-state index is 13.8. The molecular formula is C18H23F2N3O2. The number of nitrogens with one attached hydrogen (secondary N) is 1. The average Bonchev–Trinajstić information content (AvgIpc) is 3.01. The predicted octanol–water partition coefficient (Wildman–Crippen LogP) is 3.04. The zero-order valence-electron chi connectivity index (χ0n) is 14.6. The number of benzene rings is 1. The van der Waals surface area contributed by atoms with E-state index >= 15 is 0 Å². The molecule has 136 valence electrons. The van der Waals surface area contributed by atoms with Gasteiger partial charge in [0.1, 0.15) is 11.6 Å². The molecule has 0 aliphatic heterocycles. The Balaban J connectivity index is 1.99. The van der Waals surface area contributed by atoms with E-state index in [-0.39, 0.29) is 36.0 Å². The third kappa shape index (κ3) is 4.63. The summed E-state index contributed by atoms with van der Waals surface area (Å²) in [5, 5.41) is 2.93. The van der Waals surface area contributed by atoms with Crippen molar-refractivity contribution < 1.29 is 18.0 Å². The molecule has 5 nitrogen and oxygen atoms in total. The van der Waals surface area contributed by atoms with Crippen molar-refractivity contribution in [3.63, 3.8) is 0 Å². The number of halogens is 2. The fraction of sp³-hybridized carbons (Fsp3) is 0.444. The fourth-order valence-corrected chi connectivity index (χ4v) is 2.27. The molecule has 0 saturated carbocycles. The van der Waals surface area contributed by atoms with Crippen molar-refractivity contribution in [1.82, 2.24) is 10.3 Å². The highest BCUT2D eigenvalue weighted by atomic mass is 19.1. The molecule has 0 aliphatic carbocycles. The third-order valence-electron chi connectivity index (χ3n) is 4.44. The number of aryl methyl sites for hydroxylation is 1. The quantitative estimate of drug-likeness (QED) is 0.803. The summed E-state index contributed by atoms with van der Waals surface area (Å²) in [5.41, 5.74) is 5.40. The zero-order valence-corrected chi connectivity index (χ0v) is 14.6. The molecule has 3 N–H and O–H groups in total. The monoisotopic (exact) mass is 351 g/mol. The lowest BCUT2D eigenvalue weighted by molar-refractivity contribution is -0.123. The van der Waals surface area contributed by atoms with Crippen LogP contribution >= 0.6 is 0 Å². The molecule has 0 spiro atoms. The van der Waals surface area contributed by atoms with Gasteiger partial charge in [-0.1, -0.05) is 13.8 Å². The second-order valence-electron chi connectivity index (χ2n) is 6.57. The van der Waals surface area contributed by atoms with E-state index in [1.165, 1.54) is 12.3 Å². The minimum Gasteiger partial charge on any atom is -0.441 e. The highest BCUT2D eigenvalue weighted by molar-refractivity contribution is 5.77. The van der Waals surface area contributed by atoms with Gasteiger partial charge in [0, 0.05) is 25.5 Å². The number of nitrogens with zero attached hydrogens (tertiary/aromatic N) is 1. The van der Waals surface area contributed by atoms with Crippen LogP contribution < -0.4 is 11.1 Å². The number of amides is 1. The minimum absolute atomic E-state index is 0.125. The number of hydrogen-bond acceptors (Lipinski definition) is 4. The van der Waals surface area contributed by atoms with Crippen molar-refractivity contribution in [2.45, 2.75) is 39.2 Å². The molecule has 25 heavy (non-hydrogen) atoms. The molecule has 1 atom stereocenters. The van der Waals surface area contributed by atoms with Gasteiger partial charge in [0.05, 0.1) is 17.3 Å². The van der Waals surface area contributed by atoms with Gasteiger partial charge < -0.3 is 15.5 Å². The van der Waals surface area contributed by atoms with Gasteiger partial charge in [0.15, 0.2) is 11.7 Å². The zero-order chi connectivity index (χ0) is 18.6. The van der Waals surface area contributed by atoms with Crippen LogP contribution in [-0.2, 0) is 11.2 Å². The van der Waals surface area contributed by atoms with Gasteiger partial charge in [0.25, 0.3) is 0 Å². The molecule has 0 radical (unpaired) electrons. The van der Waals surface area contributed by atoms with Crippen molar-refractivity contribution >= 4 is 5.91 Å². The van der Waals surface area contributed by atoms with Crippen LogP contribution in [0.2, 0.25) is 0 Å². The molecule has 0 bridgehead atoms. The molecule has 0 fully saturated rings. The topological polar surface area (TPSA) is 81.1 Å². The number of rotatable bonds is 7. The lowest BCUT2D eigenvalue weighted by Gasteiger charge is -2.33. The van der Waals surface area contributed by atoms with Gasteiger partial charge in [-0.15, -0.1) is 0 Å². The Hall–Kier alpha value is -2.28. The van der Waals surface area contributed by atoms with Crippen LogP contribution in [0.4, 0.5) is 8.78 Å². The number of oxazole rings is 1. The molecule has 0 saturated heterocycles. The molecule has 7 heteroatoms. The lowest BCUT2D eigenvalue weighted by atomic mass is 9.88. The summed E-state index contributed by atoms with van der Waals surface area (Å²) in [6.07, 6.45) is 1.81. The number of aromatic nitrogens is 1. The Kier molecular flexibility index (Phi) is 5.89. The first kappa shape index (κ1) is 19.1. The molecule has 1 heterocycles. The highest BCUT2D eigenvalue weighted by Crippen LogP contribution is 2.24. The van der Waals surface area contributed by atoms with Crippen LogP contribution in [0.15, 0.2) is 28.8 Å². The van der Waals surface area contributed by atoms with Crippen LogP contribution in [0.5, 0.6) is 0 Å². The molecule has 1 unspecified atom stereocenters. The fourth-order valence-electron chi connectivity index (χ4n) is 2.27. The first-order valence-electron chi connectivity index (χ1n) is 8.16. The summed E-state index contributed by atoms with van der Waals surface area (Å²) in [4.78, 5) is 16.2. The first-order valence-corrected chi connectivity index (χ1v) is 8.16. The van der Waals surface area contributed by atoms with Gasteiger partial charge in [-0.05, 0) is 25.0 Å². The van der Waals surface area contributed by atoms with E-state index in [4.69, 9.17) is 10.2 Å². The van der Waals surface area contributed by atoms with Crippen LogP contribution in [0.3, 0.4) is 0 Å². The summed E-state index contributed by atoms with van der Waals surface area (Å²) in [5.74, 6) is -0.845. The van der Waals surface area contributed by atoms with Gasteiger partial charge in [0.2, 0.25) is 5.91 Å². The van der Waals surface area contributed by atoms with Gasteiger partial charge in [-0.25, -0.2) is 13.8 Å². The maximum absolute atomic E-state index is 13.8. The Morgan fingerprint density at radius 1 is 1.40 bits per heavy atom. The molecule has 2 rings (SSSR count). The molecule has 1 aromatic heterocycles. The third-order valence-corrected chi connectivity index (χ3v) is 4.44. The van der Waals surface area contributed by atoms with E-state index in [0.717, 1.165) is 12.1 Å². The van der Waals surface area contributed by atoms with E-state index in [1.54, 1.807) is 0 Å². The Labute approximate surface area is 145 Å². The second-order valence-corrected chi connectivity index (χ2v) is 6.57. The number of hydrogen-bond donors (Lipinski definition) is 2. The van der Waals surface area contributed by atoms with E-state index < -0.39 is 17.2 Å². The largest absolute Gasteiger partial charge is 0.441 e. The second kappa shape index (κ2) is 7.74. The van der Waals surface area contributed by atoms with E-state index in [2.05, 4.69) is 10.3 Å². The number of nitrogens with two attached hydrogens (primary N) is 1. The summed E-state index contributed by atoms with van der Waals surface area (Å²) < 4.78 is 32.2. The van der Waals surface area contributed by atoms with Crippen molar-refractivity contribution in [2.24, 2.45) is 11.7 Å². The van der Waals surface area contributed by atoms with Crippen LogP contribution in [-0.4, -0.2) is 23.0 Å². The first-order chi connectivity index (χ1) is 11.7. The van der Waals surface area contributed by atoms with Gasteiger partial charge >= 0.3 is 0 Å². The van der Waals surface area contributed by atoms with E-state index in [0.29, 0.717) is 12.4 Å². The SMILES string of the molecule is CC(C)C(C)(CN)NC(=O)CCc1ncc(-c2ccc(F)cc2F)o1. The van der Waals surface area contributed by atoms with Crippen molar-refractivity contribution in [3.05, 3.63) is 41.9 Å². The van der Waals surface area contributed by atoms with E-state index in [1.807, 2.05) is 20.8 Å². The normalized spacial score (nSPS) is 13.7. The smallest absolute Gasteiger partial charge is 0.220 e. The summed E-state index contributed by atoms with van der Waals surface area (Å²) >= 11 is 0. The maximum Gasteiger partial charge on any atom is 0.220 e. The van der Waals surface area contributed by atoms with Crippen molar-refractivity contribution in [1.29, 1.82) is 0 Å². The summed E-state index contributed by atoms with van der Waals surface area (Å²) in [6.45, 7) is 6.22.